The van der Waals surface area contributed by atoms with Gasteiger partial charge in [0, 0.05) is 24.8 Å². The van der Waals surface area contributed by atoms with Crippen LogP contribution in [0.4, 0.5) is 0 Å². The molecule has 6 nitrogen and oxygen atoms in total. The van der Waals surface area contributed by atoms with E-state index in [1.165, 1.54) is 24.8 Å². The molecule has 15 heavy (non-hydrogen) atoms. The van der Waals surface area contributed by atoms with Crippen LogP contribution in [-0.4, -0.2) is 27.6 Å². The van der Waals surface area contributed by atoms with Gasteiger partial charge in [0.25, 0.3) is 0 Å². The third-order valence-electron chi connectivity index (χ3n) is 1.42. The SMILES string of the molecule is [B](Oc1cnccn1)Oc1cnccn1. The first-order valence-electron chi connectivity index (χ1n) is 4.12. The standard InChI is InChI=1S/C8H6BN4O2/c1-3-12-7(5-10-1)14-9-15-8-6-11-2-4-13-8/h1-6H. The molecule has 0 aliphatic carbocycles. The van der Waals surface area contributed by atoms with E-state index < -0.39 is 0 Å². The van der Waals surface area contributed by atoms with Crippen LogP contribution in [0.1, 0.15) is 0 Å². The molecule has 2 aromatic rings. The molecule has 2 rings (SSSR count). The van der Waals surface area contributed by atoms with E-state index in [9.17, 15) is 0 Å². The number of nitrogens with zero attached hydrogens (tertiary/aromatic N) is 4. The second kappa shape index (κ2) is 4.89. The summed E-state index contributed by atoms with van der Waals surface area (Å²) in [5.41, 5.74) is 0. The zero-order valence-corrected chi connectivity index (χ0v) is 7.65. The average Bonchev–Trinajstić information content (AvgIpc) is 2.32. The van der Waals surface area contributed by atoms with Gasteiger partial charge >= 0.3 is 7.69 Å². The second-order valence-electron chi connectivity index (χ2n) is 2.42. The summed E-state index contributed by atoms with van der Waals surface area (Å²) in [5.74, 6) is 0.697. The lowest BCUT2D eigenvalue weighted by atomic mass is 10.4. The zero-order valence-electron chi connectivity index (χ0n) is 7.65. The van der Waals surface area contributed by atoms with Gasteiger partial charge in [-0.2, -0.15) is 0 Å². The third kappa shape index (κ3) is 2.90. The molecule has 0 aromatic carbocycles. The van der Waals surface area contributed by atoms with Gasteiger partial charge in [-0.15, -0.1) is 0 Å². The molecule has 2 aromatic heterocycles. The molecule has 0 N–H and O–H groups in total. The summed E-state index contributed by atoms with van der Waals surface area (Å²) in [5, 5.41) is 0. The van der Waals surface area contributed by atoms with Gasteiger partial charge in [0.05, 0.1) is 12.4 Å². The molecule has 0 amide bonds. The fourth-order valence-electron chi connectivity index (χ4n) is 0.815. The lowest BCUT2D eigenvalue weighted by Crippen LogP contribution is -2.12. The number of aromatic nitrogens is 4. The second-order valence-corrected chi connectivity index (χ2v) is 2.42. The summed E-state index contributed by atoms with van der Waals surface area (Å²) in [6.07, 6.45) is 9.08. The summed E-state index contributed by atoms with van der Waals surface area (Å²) < 4.78 is 10.0. The molecule has 0 aliphatic rings. The Morgan fingerprint density at radius 3 is 1.73 bits per heavy atom. The Kier molecular flexibility index (Phi) is 3.06. The first-order valence-corrected chi connectivity index (χ1v) is 4.12. The van der Waals surface area contributed by atoms with Crippen LogP contribution in [0, 0.1) is 0 Å². The van der Waals surface area contributed by atoms with Crippen LogP contribution in [0.2, 0.25) is 0 Å². The molecule has 0 saturated heterocycles. The van der Waals surface area contributed by atoms with Crippen molar-refractivity contribution in [2.45, 2.75) is 0 Å². The molecule has 7 heteroatoms. The van der Waals surface area contributed by atoms with Crippen LogP contribution in [0.25, 0.3) is 0 Å². The highest BCUT2D eigenvalue weighted by molar-refractivity contribution is 6.20. The smallest absolute Gasteiger partial charge is 0.511 e. The van der Waals surface area contributed by atoms with Crippen molar-refractivity contribution in [1.29, 1.82) is 0 Å². The molecular weight excluding hydrogens is 195 g/mol. The fraction of sp³-hybridized carbons (Fsp3) is 0. The monoisotopic (exact) mass is 201 g/mol. The number of hydrogen-bond acceptors (Lipinski definition) is 6. The Labute approximate surface area is 86.7 Å². The van der Waals surface area contributed by atoms with E-state index >= 15 is 0 Å². The average molecular weight is 201 g/mol. The zero-order chi connectivity index (χ0) is 10.3. The lowest BCUT2D eigenvalue weighted by molar-refractivity contribution is 0.436. The number of hydrogen-bond donors (Lipinski definition) is 0. The highest BCUT2D eigenvalue weighted by atomic mass is 16.6. The van der Waals surface area contributed by atoms with Gasteiger partial charge in [0.15, 0.2) is 0 Å². The molecule has 73 valence electrons. The Morgan fingerprint density at radius 2 is 1.33 bits per heavy atom. The normalized spacial score (nSPS) is 9.33. The maximum atomic E-state index is 5.02. The minimum Gasteiger partial charge on any atom is -0.511 e. The van der Waals surface area contributed by atoms with Crippen molar-refractivity contribution in [3.8, 4) is 11.8 Å². The van der Waals surface area contributed by atoms with E-state index in [2.05, 4.69) is 19.9 Å². The maximum Gasteiger partial charge on any atom is 0.660 e. The van der Waals surface area contributed by atoms with Crippen molar-refractivity contribution in [1.82, 2.24) is 19.9 Å². The summed E-state index contributed by atoms with van der Waals surface area (Å²) in [6, 6.07) is 0. The minimum atomic E-state index is 0.349. The predicted molar refractivity (Wildman–Crippen MR) is 51.1 cm³/mol. The van der Waals surface area contributed by atoms with Crippen molar-refractivity contribution < 1.29 is 9.31 Å². The molecular formula is C8H6BN4O2. The highest BCUT2D eigenvalue weighted by Crippen LogP contribution is 2.02. The number of rotatable bonds is 4. The Bertz CT molecular complexity index is 360. The molecule has 0 fully saturated rings. The van der Waals surface area contributed by atoms with Crippen molar-refractivity contribution in [2.75, 3.05) is 0 Å². The minimum absolute atomic E-state index is 0.349. The molecule has 0 bridgehead atoms. The van der Waals surface area contributed by atoms with Crippen LogP contribution >= 0.6 is 0 Å². The van der Waals surface area contributed by atoms with Gasteiger partial charge in [-0.25, -0.2) is 9.97 Å². The van der Waals surface area contributed by atoms with Crippen molar-refractivity contribution in [2.24, 2.45) is 0 Å². The summed E-state index contributed by atoms with van der Waals surface area (Å²) in [6.45, 7) is 0. The van der Waals surface area contributed by atoms with Gasteiger partial charge in [-0.1, -0.05) is 0 Å². The highest BCUT2D eigenvalue weighted by Gasteiger charge is 2.02. The molecule has 1 radical (unpaired) electrons. The Morgan fingerprint density at radius 1 is 0.800 bits per heavy atom. The van der Waals surface area contributed by atoms with E-state index in [0.717, 1.165) is 7.69 Å². The van der Waals surface area contributed by atoms with Crippen LogP contribution < -0.4 is 9.31 Å². The van der Waals surface area contributed by atoms with Crippen LogP contribution in [0.5, 0.6) is 11.8 Å². The summed E-state index contributed by atoms with van der Waals surface area (Å²) in [7, 11) is 1.12. The van der Waals surface area contributed by atoms with Crippen LogP contribution in [0.15, 0.2) is 37.2 Å². The lowest BCUT2D eigenvalue weighted by Gasteiger charge is -2.02. The van der Waals surface area contributed by atoms with E-state index in [0.29, 0.717) is 11.8 Å². The van der Waals surface area contributed by atoms with E-state index in [1.54, 1.807) is 12.4 Å². The van der Waals surface area contributed by atoms with Gasteiger partial charge in [0.1, 0.15) is 0 Å². The molecule has 0 saturated carbocycles. The molecule has 2 heterocycles. The van der Waals surface area contributed by atoms with Crippen molar-refractivity contribution in [3.05, 3.63) is 37.2 Å². The first kappa shape index (κ1) is 9.38. The summed E-state index contributed by atoms with van der Waals surface area (Å²) in [4.78, 5) is 15.4. The van der Waals surface area contributed by atoms with Crippen LogP contribution in [0.3, 0.4) is 0 Å². The molecule has 0 spiro atoms. The third-order valence-corrected chi connectivity index (χ3v) is 1.42. The maximum absolute atomic E-state index is 5.02. The Balaban J connectivity index is 1.81. The molecule has 0 unspecified atom stereocenters. The van der Waals surface area contributed by atoms with Crippen LogP contribution in [-0.2, 0) is 0 Å². The van der Waals surface area contributed by atoms with Crippen molar-refractivity contribution >= 4 is 7.69 Å². The van der Waals surface area contributed by atoms with Gasteiger partial charge in [-0.05, 0) is 0 Å². The molecule has 0 aliphatic heterocycles. The fourth-order valence-corrected chi connectivity index (χ4v) is 0.815. The van der Waals surface area contributed by atoms with Gasteiger partial charge in [0.2, 0.25) is 11.8 Å². The topological polar surface area (TPSA) is 70.0 Å². The van der Waals surface area contributed by atoms with Gasteiger partial charge < -0.3 is 9.31 Å². The van der Waals surface area contributed by atoms with Gasteiger partial charge in [-0.3, -0.25) is 9.97 Å². The first-order chi connectivity index (χ1) is 7.45. The van der Waals surface area contributed by atoms with E-state index in [1.807, 2.05) is 0 Å². The molecule has 0 atom stereocenters. The van der Waals surface area contributed by atoms with E-state index in [-0.39, 0.29) is 0 Å². The quantitative estimate of drug-likeness (QED) is 0.660. The van der Waals surface area contributed by atoms with Crippen molar-refractivity contribution in [3.63, 3.8) is 0 Å². The predicted octanol–water partition coefficient (Wildman–Crippen LogP) is 0.259. The summed E-state index contributed by atoms with van der Waals surface area (Å²) >= 11 is 0. The van der Waals surface area contributed by atoms with E-state index in [4.69, 9.17) is 9.31 Å². The Hall–Kier alpha value is -2.18. The largest absolute Gasteiger partial charge is 0.660 e.